The Morgan fingerprint density at radius 2 is 1.68 bits per heavy atom. The van der Waals surface area contributed by atoms with E-state index in [0.29, 0.717) is 17.8 Å². The Labute approximate surface area is 162 Å². The van der Waals surface area contributed by atoms with Crippen LogP contribution in [0, 0.1) is 0 Å². The molecule has 3 aromatic carbocycles. The molecule has 4 rings (SSSR count). The number of para-hydroxylation sites is 1. The van der Waals surface area contributed by atoms with Crippen molar-refractivity contribution in [3.63, 3.8) is 0 Å². The Balaban J connectivity index is 1.89. The summed E-state index contributed by atoms with van der Waals surface area (Å²) in [6, 6.07) is 22.3. The van der Waals surface area contributed by atoms with Crippen LogP contribution >= 0.6 is 0 Å². The molecule has 0 aromatic heterocycles. The number of nitrogens with zero attached hydrogens (tertiary/aromatic N) is 1. The molecule has 1 heterocycles. The molecule has 0 radical (unpaired) electrons. The van der Waals surface area contributed by atoms with Gasteiger partial charge in [0, 0.05) is 23.4 Å². The van der Waals surface area contributed by atoms with Crippen molar-refractivity contribution < 1.29 is 9.59 Å². The molecule has 2 amide bonds. The third-order valence-corrected chi connectivity index (χ3v) is 4.83. The molecule has 28 heavy (non-hydrogen) atoms. The number of amides is 2. The van der Waals surface area contributed by atoms with Gasteiger partial charge in [0.1, 0.15) is 6.04 Å². The van der Waals surface area contributed by atoms with E-state index in [1.54, 1.807) is 18.2 Å². The quantitative estimate of drug-likeness (QED) is 0.658. The van der Waals surface area contributed by atoms with Crippen LogP contribution in [0.1, 0.15) is 10.4 Å². The van der Waals surface area contributed by atoms with Crippen molar-refractivity contribution in [2.45, 2.75) is 6.04 Å². The topological polar surface area (TPSA) is 101 Å². The van der Waals surface area contributed by atoms with Crippen LogP contribution in [-0.4, -0.2) is 24.4 Å². The molecule has 1 aliphatic rings. The first-order valence-electron chi connectivity index (χ1n) is 8.97. The van der Waals surface area contributed by atoms with E-state index in [9.17, 15) is 9.59 Å². The van der Waals surface area contributed by atoms with Crippen molar-refractivity contribution in [3.05, 3.63) is 78.4 Å². The Morgan fingerprint density at radius 3 is 2.43 bits per heavy atom. The van der Waals surface area contributed by atoms with Crippen LogP contribution in [0.3, 0.4) is 0 Å². The summed E-state index contributed by atoms with van der Waals surface area (Å²) < 4.78 is 0. The number of carbonyl (C=O) groups excluding carboxylic acids is 2. The average Bonchev–Trinajstić information content (AvgIpc) is 2.84. The molecular weight excluding hydrogens is 352 g/mol. The van der Waals surface area contributed by atoms with E-state index in [1.165, 1.54) is 0 Å². The lowest BCUT2D eigenvalue weighted by Gasteiger charge is -2.28. The fraction of sp³-hybridized carbons (Fsp3) is 0.0909. The predicted octanol–water partition coefficient (Wildman–Crippen LogP) is 2.87. The molecular formula is C22H20N4O2. The van der Waals surface area contributed by atoms with Crippen molar-refractivity contribution in [1.29, 1.82) is 0 Å². The minimum absolute atomic E-state index is 0.303. The van der Waals surface area contributed by atoms with Gasteiger partial charge in [0.05, 0.1) is 11.4 Å². The number of fused-ring (bicyclic) bond motifs is 1. The first kappa shape index (κ1) is 17.8. The van der Waals surface area contributed by atoms with Gasteiger partial charge in [0.25, 0.3) is 0 Å². The number of anilines is 3. The molecule has 0 unspecified atom stereocenters. The summed E-state index contributed by atoms with van der Waals surface area (Å²) in [5.74, 6) is -0.857. The highest BCUT2D eigenvalue weighted by molar-refractivity contribution is 6.04. The molecule has 0 saturated carbocycles. The molecule has 6 nitrogen and oxygen atoms in total. The van der Waals surface area contributed by atoms with Crippen molar-refractivity contribution >= 4 is 28.9 Å². The van der Waals surface area contributed by atoms with Gasteiger partial charge in [-0.2, -0.15) is 0 Å². The van der Waals surface area contributed by atoms with Crippen LogP contribution in [0.25, 0.3) is 11.1 Å². The number of nitrogens with one attached hydrogen (secondary N) is 1. The number of primary amides is 1. The summed E-state index contributed by atoms with van der Waals surface area (Å²) in [4.78, 5) is 26.0. The largest absolute Gasteiger partial charge is 0.366 e. The summed E-state index contributed by atoms with van der Waals surface area (Å²) in [5, 5.41) is 2.81. The minimum atomic E-state index is -0.728. The van der Waals surface area contributed by atoms with E-state index in [1.807, 2.05) is 59.5 Å². The molecule has 1 atom stereocenters. The molecule has 0 saturated heterocycles. The molecule has 0 spiro atoms. The Kier molecular flexibility index (Phi) is 4.55. The van der Waals surface area contributed by atoms with Crippen molar-refractivity contribution in [1.82, 2.24) is 0 Å². The highest BCUT2D eigenvalue weighted by Crippen LogP contribution is 2.39. The van der Waals surface area contributed by atoms with Crippen molar-refractivity contribution in [3.8, 4) is 11.1 Å². The molecule has 0 fully saturated rings. The lowest BCUT2D eigenvalue weighted by atomic mass is 10.0. The standard InChI is InChI=1S/C22H20N4O2/c23-17-13-26(19-9-5-4-8-16(19)14-6-2-1-3-7-14)20-11-10-15(21(24)27)12-18(20)25-22(17)28/h1-12,17H,13,23H2,(H2,24,27)(H,25,28)/t17-/m0/s1. The van der Waals surface area contributed by atoms with Gasteiger partial charge in [-0.3, -0.25) is 9.59 Å². The Bertz CT molecular complexity index is 1050. The second-order valence-corrected chi connectivity index (χ2v) is 6.69. The predicted molar refractivity (Wildman–Crippen MR) is 110 cm³/mol. The minimum Gasteiger partial charge on any atom is -0.366 e. The zero-order chi connectivity index (χ0) is 19.7. The number of rotatable bonds is 3. The second-order valence-electron chi connectivity index (χ2n) is 6.69. The molecule has 0 aliphatic carbocycles. The van der Waals surface area contributed by atoms with Crippen LogP contribution in [0.4, 0.5) is 17.1 Å². The van der Waals surface area contributed by atoms with E-state index >= 15 is 0 Å². The smallest absolute Gasteiger partial charge is 0.248 e. The fourth-order valence-corrected chi connectivity index (χ4v) is 3.43. The number of benzene rings is 3. The Morgan fingerprint density at radius 1 is 0.964 bits per heavy atom. The maximum absolute atomic E-state index is 12.4. The lowest BCUT2D eigenvalue weighted by Crippen LogP contribution is -2.41. The number of hydrogen-bond acceptors (Lipinski definition) is 4. The van der Waals surface area contributed by atoms with Gasteiger partial charge in [-0.25, -0.2) is 0 Å². The SMILES string of the molecule is NC(=O)c1ccc2c(c1)NC(=O)[C@@H](N)CN2c1ccccc1-c1ccccc1. The molecule has 0 bridgehead atoms. The second kappa shape index (κ2) is 7.17. The van der Waals surface area contributed by atoms with E-state index in [4.69, 9.17) is 11.5 Å². The van der Waals surface area contributed by atoms with Gasteiger partial charge in [0.2, 0.25) is 11.8 Å². The van der Waals surface area contributed by atoms with Gasteiger partial charge in [0.15, 0.2) is 0 Å². The molecule has 1 aliphatic heterocycles. The third-order valence-electron chi connectivity index (χ3n) is 4.83. The number of nitrogens with two attached hydrogens (primary N) is 2. The van der Waals surface area contributed by atoms with Gasteiger partial charge in [-0.05, 0) is 29.8 Å². The van der Waals surface area contributed by atoms with E-state index in [-0.39, 0.29) is 5.91 Å². The zero-order valence-corrected chi connectivity index (χ0v) is 15.1. The van der Waals surface area contributed by atoms with Gasteiger partial charge in [-0.1, -0.05) is 48.5 Å². The summed E-state index contributed by atoms with van der Waals surface area (Å²) in [5.41, 5.74) is 16.1. The van der Waals surface area contributed by atoms with Crippen molar-refractivity contribution in [2.24, 2.45) is 11.5 Å². The van der Waals surface area contributed by atoms with E-state index in [2.05, 4.69) is 5.32 Å². The first-order chi connectivity index (χ1) is 13.5. The monoisotopic (exact) mass is 372 g/mol. The first-order valence-corrected chi connectivity index (χ1v) is 8.97. The number of carbonyl (C=O) groups is 2. The Hall–Kier alpha value is -3.64. The van der Waals surface area contributed by atoms with Crippen LogP contribution < -0.4 is 21.7 Å². The van der Waals surface area contributed by atoms with E-state index in [0.717, 1.165) is 22.5 Å². The zero-order valence-electron chi connectivity index (χ0n) is 15.1. The molecule has 5 N–H and O–H groups in total. The van der Waals surface area contributed by atoms with Crippen LogP contribution in [0.15, 0.2) is 72.8 Å². The third kappa shape index (κ3) is 3.21. The number of hydrogen-bond donors (Lipinski definition) is 3. The lowest BCUT2D eigenvalue weighted by molar-refractivity contribution is -0.117. The maximum Gasteiger partial charge on any atom is 0.248 e. The van der Waals surface area contributed by atoms with Gasteiger partial charge < -0.3 is 21.7 Å². The normalized spacial score (nSPS) is 16.1. The maximum atomic E-state index is 12.4. The summed E-state index contributed by atoms with van der Waals surface area (Å²) in [6.45, 7) is 0.304. The van der Waals surface area contributed by atoms with Crippen LogP contribution in [0.2, 0.25) is 0 Å². The highest BCUT2D eigenvalue weighted by atomic mass is 16.2. The van der Waals surface area contributed by atoms with Gasteiger partial charge in [-0.15, -0.1) is 0 Å². The summed E-state index contributed by atoms with van der Waals surface area (Å²) >= 11 is 0. The molecule has 6 heteroatoms. The summed E-state index contributed by atoms with van der Waals surface area (Å²) in [7, 11) is 0. The summed E-state index contributed by atoms with van der Waals surface area (Å²) in [6.07, 6.45) is 0. The van der Waals surface area contributed by atoms with Crippen molar-refractivity contribution in [2.75, 3.05) is 16.8 Å². The molecule has 3 aromatic rings. The van der Waals surface area contributed by atoms with Crippen LogP contribution in [0.5, 0.6) is 0 Å². The van der Waals surface area contributed by atoms with Gasteiger partial charge >= 0.3 is 0 Å². The average molecular weight is 372 g/mol. The van der Waals surface area contributed by atoms with Crippen LogP contribution in [-0.2, 0) is 4.79 Å². The fourth-order valence-electron chi connectivity index (χ4n) is 3.43. The molecule has 140 valence electrons. The highest BCUT2D eigenvalue weighted by Gasteiger charge is 2.28. The van der Waals surface area contributed by atoms with E-state index < -0.39 is 11.9 Å².